The molecule has 0 spiro atoms. The van der Waals surface area contributed by atoms with Gasteiger partial charge < -0.3 is 8.83 Å². The van der Waals surface area contributed by atoms with E-state index < -0.39 is 0 Å². The molecule has 4 aromatic carbocycles. The predicted molar refractivity (Wildman–Crippen MR) is 151 cm³/mol. The second kappa shape index (κ2) is 10.2. The third-order valence-electron chi connectivity index (χ3n) is 6.85. The topological polar surface area (TPSA) is 26.3 Å². The van der Waals surface area contributed by atoms with Crippen LogP contribution in [0.3, 0.4) is 0 Å². The van der Waals surface area contributed by atoms with Gasteiger partial charge in [0.05, 0.1) is 5.92 Å². The summed E-state index contributed by atoms with van der Waals surface area (Å²) >= 11 is 0. The van der Waals surface area contributed by atoms with Crippen LogP contribution in [0.4, 0.5) is 0 Å². The highest BCUT2D eigenvalue weighted by Crippen LogP contribution is 2.45. The fourth-order valence-corrected chi connectivity index (χ4v) is 4.99. The highest BCUT2D eigenvalue weighted by molar-refractivity contribution is 5.76. The van der Waals surface area contributed by atoms with Crippen molar-refractivity contribution >= 4 is 0 Å². The average Bonchev–Trinajstić information content (AvgIpc) is 3.62. The zero-order chi connectivity index (χ0) is 25.0. The first kappa shape index (κ1) is 22.9. The molecule has 0 fully saturated rings. The minimum atomic E-state index is -0.0552. The van der Waals surface area contributed by atoms with Gasteiger partial charge in [0.2, 0.25) is 0 Å². The summed E-state index contributed by atoms with van der Waals surface area (Å²) in [5.74, 6) is 3.53. The zero-order valence-corrected chi connectivity index (χ0v) is 20.8. The van der Waals surface area contributed by atoms with Crippen molar-refractivity contribution < 1.29 is 8.83 Å². The van der Waals surface area contributed by atoms with E-state index in [9.17, 15) is 0 Å². The minimum Gasteiger partial charge on any atom is -0.460 e. The van der Waals surface area contributed by atoms with Gasteiger partial charge >= 0.3 is 0 Å². The molecule has 0 bridgehead atoms. The lowest BCUT2D eigenvalue weighted by Crippen LogP contribution is -2.00. The fraction of sp³-hybridized carbons (Fsp3) is 0.0857. The molecule has 0 aliphatic rings. The normalized spacial score (nSPS) is 11.2. The lowest BCUT2D eigenvalue weighted by molar-refractivity contribution is 0.434. The van der Waals surface area contributed by atoms with Crippen LogP contribution in [0.15, 0.2) is 142 Å². The van der Waals surface area contributed by atoms with Gasteiger partial charge in [0, 0.05) is 22.3 Å². The highest BCUT2D eigenvalue weighted by atomic mass is 16.4. The maximum Gasteiger partial charge on any atom is 0.134 e. The average molecular weight is 481 g/mol. The Balaban J connectivity index is 1.55. The van der Waals surface area contributed by atoms with Crippen molar-refractivity contribution in [3.63, 3.8) is 0 Å². The summed E-state index contributed by atoms with van der Waals surface area (Å²) in [5.41, 5.74) is 6.60. The SMILES string of the molecule is CCC(c1oc(-c2ccccc2)cc1-c1ccccc1)c1oc(-c2ccccc2)cc1-c1ccccc1. The molecule has 0 saturated carbocycles. The molecule has 0 radical (unpaired) electrons. The Kier molecular flexibility index (Phi) is 6.31. The molecular formula is C35H28O2. The van der Waals surface area contributed by atoms with E-state index in [0.717, 1.165) is 62.8 Å². The molecular weight excluding hydrogens is 452 g/mol. The molecule has 2 heteroatoms. The van der Waals surface area contributed by atoms with Crippen LogP contribution < -0.4 is 0 Å². The highest BCUT2D eigenvalue weighted by Gasteiger charge is 2.29. The lowest BCUT2D eigenvalue weighted by Gasteiger charge is -2.15. The van der Waals surface area contributed by atoms with Gasteiger partial charge in [0.25, 0.3) is 0 Å². The van der Waals surface area contributed by atoms with Crippen LogP contribution >= 0.6 is 0 Å². The van der Waals surface area contributed by atoms with Crippen molar-refractivity contribution in [2.75, 3.05) is 0 Å². The van der Waals surface area contributed by atoms with Crippen molar-refractivity contribution in [2.24, 2.45) is 0 Å². The van der Waals surface area contributed by atoms with Gasteiger partial charge in [-0.25, -0.2) is 0 Å². The zero-order valence-electron chi connectivity index (χ0n) is 20.8. The van der Waals surface area contributed by atoms with Gasteiger partial charge in [-0.05, 0) is 29.7 Å². The van der Waals surface area contributed by atoms with Crippen LogP contribution in [-0.2, 0) is 0 Å². The molecule has 37 heavy (non-hydrogen) atoms. The van der Waals surface area contributed by atoms with Crippen molar-refractivity contribution in [1.82, 2.24) is 0 Å². The molecule has 180 valence electrons. The monoisotopic (exact) mass is 480 g/mol. The van der Waals surface area contributed by atoms with Crippen LogP contribution in [0.25, 0.3) is 44.9 Å². The Morgan fingerprint density at radius 3 is 1.11 bits per heavy atom. The van der Waals surface area contributed by atoms with E-state index in [1.54, 1.807) is 0 Å². The summed E-state index contributed by atoms with van der Waals surface area (Å²) < 4.78 is 13.4. The van der Waals surface area contributed by atoms with E-state index in [1.165, 1.54) is 0 Å². The first-order valence-electron chi connectivity index (χ1n) is 12.8. The summed E-state index contributed by atoms with van der Waals surface area (Å²) in [6.07, 6.45) is 0.836. The first-order chi connectivity index (χ1) is 18.3. The van der Waals surface area contributed by atoms with E-state index in [1.807, 2.05) is 48.5 Å². The summed E-state index contributed by atoms with van der Waals surface area (Å²) in [5, 5.41) is 0. The van der Waals surface area contributed by atoms with Gasteiger partial charge in [0.1, 0.15) is 23.0 Å². The van der Waals surface area contributed by atoms with E-state index in [0.29, 0.717) is 0 Å². The smallest absolute Gasteiger partial charge is 0.134 e. The molecule has 0 amide bonds. The second-order valence-corrected chi connectivity index (χ2v) is 9.20. The Bertz CT molecular complexity index is 1460. The molecule has 6 aromatic rings. The Morgan fingerprint density at radius 2 is 0.784 bits per heavy atom. The van der Waals surface area contributed by atoms with Crippen LogP contribution in [0, 0.1) is 0 Å². The third kappa shape index (κ3) is 4.54. The number of hydrogen-bond donors (Lipinski definition) is 0. The predicted octanol–water partition coefficient (Wildman–Crippen LogP) is 10.1. The number of rotatable bonds is 7. The van der Waals surface area contributed by atoms with E-state index in [-0.39, 0.29) is 5.92 Å². The standard InChI is InChI=1S/C35H28O2/c1-2-29(34-30(25-15-7-3-8-16-25)23-32(36-34)27-19-11-5-12-20-27)35-31(26-17-9-4-10-18-26)24-33(37-35)28-21-13-6-14-22-28/h3-24,29H,2H2,1H3. The molecule has 2 nitrogen and oxygen atoms in total. The third-order valence-corrected chi connectivity index (χ3v) is 6.85. The van der Waals surface area contributed by atoms with E-state index in [2.05, 4.69) is 91.9 Å². The molecule has 0 atom stereocenters. The van der Waals surface area contributed by atoms with Crippen LogP contribution in [0.1, 0.15) is 30.8 Å². The molecule has 0 saturated heterocycles. The van der Waals surface area contributed by atoms with E-state index in [4.69, 9.17) is 8.83 Å². The molecule has 0 N–H and O–H groups in total. The van der Waals surface area contributed by atoms with Gasteiger partial charge in [-0.3, -0.25) is 0 Å². The molecule has 2 aromatic heterocycles. The minimum absolute atomic E-state index is 0.0552. The maximum absolute atomic E-state index is 6.71. The summed E-state index contributed by atoms with van der Waals surface area (Å²) in [6.45, 7) is 2.20. The Hall–Kier alpha value is -4.56. The van der Waals surface area contributed by atoms with Gasteiger partial charge in [-0.1, -0.05) is 128 Å². The van der Waals surface area contributed by atoms with Gasteiger partial charge in [-0.15, -0.1) is 0 Å². The van der Waals surface area contributed by atoms with Crippen molar-refractivity contribution in [1.29, 1.82) is 0 Å². The van der Waals surface area contributed by atoms with Crippen LogP contribution in [-0.4, -0.2) is 0 Å². The van der Waals surface area contributed by atoms with Crippen molar-refractivity contribution in [2.45, 2.75) is 19.3 Å². The van der Waals surface area contributed by atoms with Crippen molar-refractivity contribution in [3.05, 3.63) is 145 Å². The molecule has 6 rings (SSSR count). The molecule has 2 heterocycles. The molecule has 0 unspecified atom stereocenters. The van der Waals surface area contributed by atoms with Crippen LogP contribution in [0.5, 0.6) is 0 Å². The first-order valence-corrected chi connectivity index (χ1v) is 12.8. The Morgan fingerprint density at radius 1 is 0.459 bits per heavy atom. The van der Waals surface area contributed by atoms with E-state index >= 15 is 0 Å². The van der Waals surface area contributed by atoms with Crippen molar-refractivity contribution in [3.8, 4) is 44.9 Å². The lowest BCUT2D eigenvalue weighted by atomic mass is 9.90. The molecule has 0 aliphatic carbocycles. The Labute approximate surface area is 217 Å². The second-order valence-electron chi connectivity index (χ2n) is 9.20. The molecule has 0 aliphatic heterocycles. The quantitative estimate of drug-likeness (QED) is 0.227. The summed E-state index contributed by atoms with van der Waals surface area (Å²) in [7, 11) is 0. The summed E-state index contributed by atoms with van der Waals surface area (Å²) in [4.78, 5) is 0. The van der Waals surface area contributed by atoms with Gasteiger partial charge in [-0.2, -0.15) is 0 Å². The summed E-state index contributed by atoms with van der Waals surface area (Å²) in [6, 6.07) is 45.9. The van der Waals surface area contributed by atoms with Crippen LogP contribution in [0.2, 0.25) is 0 Å². The van der Waals surface area contributed by atoms with Gasteiger partial charge in [0.15, 0.2) is 0 Å². The fourth-order valence-electron chi connectivity index (χ4n) is 4.99. The number of hydrogen-bond acceptors (Lipinski definition) is 2. The maximum atomic E-state index is 6.71. The largest absolute Gasteiger partial charge is 0.460 e. The number of furan rings is 2. The number of benzene rings is 4.